The first kappa shape index (κ1) is 20.8. The first-order valence-corrected chi connectivity index (χ1v) is 11.6. The van der Waals surface area contributed by atoms with Crippen LogP contribution in [0.5, 0.6) is 0 Å². The molecule has 3 rings (SSSR count). The highest BCUT2D eigenvalue weighted by molar-refractivity contribution is 5.17. The predicted octanol–water partition coefficient (Wildman–Crippen LogP) is 8.09. The van der Waals surface area contributed by atoms with Crippen LogP contribution >= 0.6 is 0 Å². The topological polar surface area (TPSA) is 0 Å². The Labute approximate surface area is 165 Å². The summed E-state index contributed by atoms with van der Waals surface area (Å²) < 4.78 is 26.3. The van der Waals surface area contributed by atoms with Crippen LogP contribution in [0.1, 0.15) is 96.0 Å². The fourth-order valence-corrected chi connectivity index (χ4v) is 5.56. The van der Waals surface area contributed by atoms with E-state index in [1.54, 1.807) is 6.07 Å². The van der Waals surface area contributed by atoms with Crippen molar-refractivity contribution in [3.8, 4) is 0 Å². The van der Waals surface area contributed by atoms with Crippen LogP contribution in [0.25, 0.3) is 0 Å². The SMILES string of the molecule is CCCC1CCC(CCC2CCC(CCc3ccc(F)c(F)c3)CC2)CC1. The molecule has 0 bridgehead atoms. The summed E-state index contributed by atoms with van der Waals surface area (Å²) in [6.07, 6.45) is 19.1. The van der Waals surface area contributed by atoms with Gasteiger partial charge in [0.2, 0.25) is 0 Å². The Bertz CT molecular complexity index is 551. The molecule has 1 aromatic rings. The van der Waals surface area contributed by atoms with E-state index in [1.807, 2.05) is 0 Å². The standard InChI is InChI=1S/C25H38F2/c1-2-3-19-4-6-20(7-5-19)8-9-21-10-12-22(13-11-21)14-15-23-16-17-24(26)25(27)18-23/h16-22H,2-15H2,1H3. The lowest BCUT2D eigenvalue weighted by molar-refractivity contribution is 0.209. The summed E-state index contributed by atoms with van der Waals surface area (Å²) in [5.41, 5.74) is 0.940. The van der Waals surface area contributed by atoms with Crippen LogP contribution in [0.2, 0.25) is 0 Å². The van der Waals surface area contributed by atoms with Gasteiger partial charge in [-0.1, -0.05) is 90.0 Å². The highest BCUT2D eigenvalue weighted by Crippen LogP contribution is 2.38. The lowest BCUT2D eigenvalue weighted by Crippen LogP contribution is -2.18. The van der Waals surface area contributed by atoms with Crippen molar-refractivity contribution < 1.29 is 8.78 Å². The zero-order valence-electron chi connectivity index (χ0n) is 17.2. The maximum atomic E-state index is 13.3. The quantitative estimate of drug-likeness (QED) is 0.430. The minimum absolute atomic E-state index is 0.708. The fraction of sp³-hybridized carbons (Fsp3) is 0.760. The molecule has 0 unspecified atom stereocenters. The summed E-state index contributed by atoms with van der Waals surface area (Å²) in [7, 11) is 0. The molecule has 0 nitrogen and oxygen atoms in total. The Morgan fingerprint density at radius 2 is 1.15 bits per heavy atom. The van der Waals surface area contributed by atoms with Gasteiger partial charge in [0.05, 0.1) is 0 Å². The second kappa shape index (κ2) is 10.6. The van der Waals surface area contributed by atoms with E-state index >= 15 is 0 Å². The molecular weight excluding hydrogens is 338 g/mol. The van der Waals surface area contributed by atoms with Crippen molar-refractivity contribution in [3.05, 3.63) is 35.4 Å². The van der Waals surface area contributed by atoms with Crippen molar-refractivity contribution >= 4 is 0 Å². The zero-order chi connectivity index (χ0) is 19.1. The molecule has 0 aromatic heterocycles. The van der Waals surface area contributed by atoms with Gasteiger partial charge >= 0.3 is 0 Å². The van der Waals surface area contributed by atoms with Crippen molar-refractivity contribution in [2.75, 3.05) is 0 Å². The van der Waals surface area contributed by atoms with Crippen molar-refractivity contribution in [3.63, 3.8) is 0 Å². The van der Waals surface area contributed by atoms with Gasteiger partial charge in [-0.05, 0) is 54.2 Å². The van der Waals surface area contributed by atoms with Gasteiger partial charge in [-0.3, -0.25) is 0 Å². The van der Waals surface area contributed by atoms with Gasteiger partial charge in [0, 0.05) is 0 Å². The minimum atomic E-state index is -0.738. The molecule has 27 heavy (non-hydrogen) atoms. The van der Waals surface area contributed by atoms with Crippen molar-refractivity contribution in [2.24, 2.45) is 23.7 Å². The van der Waals surface area contributed by atoms with Gasteiger partial charge < -0.3 is 0 Å². The van der Waals surface area contributed by atoms with Gasteiger partial charge in [-0.2, -0.15) is 0 Å². The molecule has 0 spiro atoms. The summed E-state index contributed by atoms with van der Waals surface area (Å²) in [6, 6.07) is 4.37. The largest absolute Gasteiger partial charge is 0.204 e. The fourth-order valence-electron chi connectivity index (χ4n) is 5.56. The number of hydrogen-bond acceptors (Lipinski definition) is 0. The smallest absolute Gasteiger partial charge is 0.159 e. The normalized spacial score (nSPS) is 29.0. The lowest BCUT2D eigenvalue weighted by atomic mass is 9.74. The first-order chi connectivity index (χ1) is 13.1. The maximum absolute atomic E-state index is 13.3. The molecule has 0 atom stereocenters. The third-order valence-corrected chi connectivity index (χ3v) is 7.44. The van der Waals surface area contributed by atoms with E-state index in [2.05, 4.69) is 6.92 Å². The molecule has 1 aromatic carbocycles. The van der Waals surface area contributed by atoms with E-state index in [0.717, 1.165) is 42.1 Å². The Morgan fingerprint density at radius 1 is 0.667 bits per heavy atom. The highest BCUT2D eigenvalue weighted by atomic mass is 19.2. The second-order valence-corrected chi connectivity index (χ2v) is 9.43. The molecule has 0 radical (unpaired) electrons. The average Bonchev–Trinajstić information content (AvgIpc) is 2.69. The molecular formula is C25H38F2. The Morgan fingerprint density at radius 3 is 1.63 bits per heavy atom. The van der Waals surface area contributed by atoms with Gasteiger partial charge in [-0.25, -0.2) is 8.78 Å². The summed E-state index contributed by atoms with van der Waals surface area (Å²) in [4.78, 5) is 0. The number of benzene rings is 1. The number of halogens is 2. The minimum Gasteiger partial charge on any atom is -0.204 e. The average molecular weight is 377 g/mol. The van der Waals surface area contributed by atoms with E-state index in [-0.39, 0.29) is 0 Å². The molecule has 0 saturated heterocycles. The monoisotopic (exact) mass is 376 g/mol. The van der Waals surface area contributed by atoms with E-state index in [0.29, 0.717) is 0 Å². The molecule has 2 saturated carbocycles. The van der Waals surface area contributed by atoms with Crippen molar-refractivity contribution in [1.82, 2.24) is 0 Å². The van der Waals surface area contributed by atoms with E-state index in [4.69, 9.17) is 0 Å². The summed E-state index contributed by atoms with van der Waals surface area (Å²) in [5, 5.41) is 0. The number of aryl methyl sites for hydroxylation is 1. The number of rotatable bonds is 8. The van der Waals surface area contributed by atoms with Gasteiger partial charge in [-0.15, -0.1) is 0 Å². The highest BCUT2D eigenvalue weighted by Gasteiger charge is 2.24. The van der Waals surface area contributed by atoms with Crippen LogP contribution in [-0.2, 0) is 6.42 Å². The van der Waals surface area contributed by atoms with E-state index in [9.17, 15) is 8.78 Å². The van der Waals surface area contributed by atoms with Gasteiger partial charge in [0.25, 0.3) is 0 Å². The van der Waals surface area contributed by atoms with Crippen LogP contribution in [0.4, 0.5) is 8.78 Å². The van der Waals surface area contributed by atoms with Gasteiger partial charge in [0.15, 0.2) is 11.6 Å². The second-order valence-electron chi connectivity index (χ2n) is 9.43. The Hall–Kier alpha value is -0.920. The first-order valence-electron chi connectivity index (χ1n) is 11.6. The molecule has 2 aliphatic carbocycles. The molecule has 2 fully saturated rings. The summed E-state index contributed by atoms with van der Waals surface area (Å²) in [5.74, 6) is 2.30. The van der Waals surface area contributed by atoms with Crippen molar-refractivity contribution in [2.45, 2.75) is 96.8 Å². The van der Waals surface area contributed by atoms with Crippen LogP contribution < -0.4 is 0 Å². The lowest BCUT2D eigenvalue weighted by Gasteiger charge is -2.32. The maximum Gasteiger partial charge on any atom is 0.159 e. The van der Waals surface area contributed by atoms with Crippen molar-refractivity contribution in [1.29, 1.82) is 0 Å². The predicted molar refractivity (Wildman–Crippen MR) is 110 cm³/mol. The molecule has 0 aliphatic heterocycles. The Kier molecular flexibility index (Phi) is 8.15. The summed E-state index contributed by atoms with van der Waals surface area (Å²) >= 11 is 0. The third-order valence-electron chi connectivity index (χ3n) is 7.44. The van der Waals surface area contributed by atoms with Crippen LogP contribution in [0.3, 0.4) is 0 Å². The van der Waals surface area contributed by atoms with E-state index in [1.165, 1.54) is 89.2 Å². The number of hydrogen-bond donors (Lipinski definition) is 0. The zero-order valence-corrected chi connectivity index (χ0v) is 17.2. The molecule has 152 valence electrons. The molecule has 0 heterocycles. The third kappa shape index (κ3) is 6.57. The molecule has 2 aliphatic rings. The molecule has 0 amide bonds. The van der Waals surface area contributed by atoms with Crippen LogP contribution in [-0.4, -0.2) is 0 Å². The van der Waals surface area contributed by atoms with Crippen LogP contribution in [0.15, 0.2) is 18.2 Å². The van der Waals surface area contributed by atoms with E-state index < -0.39 is 11.6 Å². The summed E-state index contributed by atoms with van der Waals surface area (Å²) in [6.45, 7) is 2.32. The van der Waals surface area contributed by atoms with Gasteiger partial charge in [0.1, 0.15) is 0 Å². The molecule has 0 N–H and O–H groups in total. The Balaban J connectivity index is 1.29. The van der Waals surface area contributed by atoms with Crippen LogP contribution in [0, 0.1) is 35.3 Å². The molecule has 2 heteroatoms.